The van der Waals surface area contributed by atoms with E-state index in [0.717, 1.165) is 5.56 Å². The van der Waals surface area contributed by atoms with Crippen LogP contribution in [0.4, 0.5) is 0 Å². The van der Waals surface area contributed by atoms with Crippen molar-refractivity contribution in [3.8, 4) is 0 Å². The highest BCUT2D eigenvalue weighted by Crippen LogP contribution is 2.42. The maximum Gasteiger partial charge on any atom is 0.137 e. The van der Waals surface area contributed by atoms with Gasteiger partial charge in [0, 0.05) is 18.3 Å². The fourth-order valence-electron chi connectivity index (χ4n) is 1.83. The number of aromatic nitrogens is 1. The molecule has 1 heterocycles. The van der Waals surface area contributed by atoms with E-state index < -0.39 is 0 Å². The quantitative estimate of drug-likeness (QED) is 0.704. The molecule has 0 saturated heterocycles. The van der Waals surface area contributed by atoms with Crippen molar-refractivity contribution in [2.75, 3.05) is 0 Å². The van der Waals surface area contributed by atoms with Crippen LogP contribution in [0.3, 0.4) is 0 Å². The Bertz CT molecular complexity index is 303. The fraction of sp³-hybridized carbons (Fsp3) is 0.455. The van der Waals surface area contributed by atoms with Crippen LogP contribution in [0.1, 0.15) is 31.2 Å². The molecule has 0 N–H and O–H groups in total. The van der Waals surface area contributed by atoms with Crippen molar-refractivity contribution in [1.82, 2.24) is 4.98 Å². The molecule has 1 aromatic heterocycles. The third-order valence-corrected chi connectivity index (χ3v) is 2.57. The molecule has 68 valence electrons. The lowest BCUT2D eigenvalue weighted by Crippen LogP contribution is -2.11. The molecule has 1 aromatic rings. The van der Waals surface area contributed by atoms with Crippen molar-refractivity contribution in [2.45, 2.75) is 25.7 Å². The fourth-order valence-corrected chi connectivity index (χ4v) is 1.83. The lowest BCUT2D eigenvalue weighted by molar-refractivity contribution is -0.118. The Labute approximate surface area is 78.0 Å². The zero-order valence-corrected chi connectivity index (χ0v) is 7.73. The van der Waals surface area contributed by atoms with Crippen LogP contribution in [-0.4, -0.2) is 10.8 Å². The first-order valence-corrected chi connectivity index (χ1v) is 4.69. The number of carbonyl (C=O) groups is 1. The van der Waals surface area contributed by atoms with E-state index >= 15 is 0 Å². The molecule has 0 radical (unpaired) electrons. The minimum atomic E-state index is 0.105. The molecular formula is C11H13NO. The molecule has 1 saturated carbocycles. The van der Waals surface area contributed by atoms with Crippen LogP contribution >= 0.6 is 0 Å². The van der Waals surface area contributed by atoms with Crippen molar-refractivity contribution in [1.29, 1.82) is 0 Å². The highest BCUT2D eigenvalue weighted by molar-refractivity contribution is 5.84. The Morgan fingerprint density at radius 3 is 2.85 bits per heavy atom. The molecule has 13 heavy (non-hydrogen) atoms. The maximum atomic E-state index is 11.4. The van der Waals surface area contributed by atoms with Crippen LogP contribution in [0, 0.1) is 5.92 Å². The average Bonchev–Trinajstić information content (AvgIpc) is 2.90. The van der Waals surface area contributed by atoms with E-state index in [1.54, 1.807) is 13.1 Å². The predicted molar refractivity (Wildman–Crippen MR) is 50.4 cm³/mol. The van der Waals surface area contributed by atoms with Gasteiger partial charge >= 0.3 is 0 Å². The number of hydrogen-bond acceptors (Lipinski definition) is 2. The number of hydrogen-bond donors (Lipinski definition) is 0. The zero-order valence-electron chi connectivity index (χ0n) is 7.73. The molecule has 0 amide bonds. The smallest absolute Gasteiger partial charge is 0.137 e. The molecule has 1 unspecified atom stereocenters. The van der Waals surface area contributed by atoms with Gasteiger partial charge in [0.05, 0.1) is 0 Å². The summed E-state index contributed by atoms with van der Waals surface area (Å²) in [5.74, 6) is 0.964. The van der Waals surface area contributed by atoms with Gasteiger partial charge in [-0.05, 0) is 37.3 Å². The second-order valence-electron chi connectivity index (χ2n) is 3.71. The average molecular weight is 175 g/mol. The standard InChI is InChI=1S/C11H13NO/c1-8(13)11(9-4-5-9)10-3-2-6-12-7-10/h2-3,6-7,9,11H,4-5H2,1H3. The van der Waals surface area contributed by atoms with E-state index in [0.29, 0.717) is 5.92 Å². The van der Waals surface area contributed by atoms with E-state index in [1.807, 2.05) is 18.3 Å². The van der Waals surface area contributed by atoms with Gasteiger partial charge in [0.1, 0.15) is 5.78 Å². The second kappa shape index (κ2) is 3.29. The minimum absolute atomic E-state index is 0.105. The van der Waals surface area contributed by atoms with Crippen LogP contribution in [0.5, 0.6) is 0 Å². The molecule has 2 nitrogen and oxygen atoms in total. The van der Waals surface area contributed by atoms with Gasteiger partial charge in [-0.3, -0.25) is 9.78 Å². The Morgan fingerprint density at radius 2 is 2.38 bits per heavy atom. The first-order valence-electron chi connectivity index (χ1n) is 4.69. The van der Waals surface area contributed by atoms with Gasteiger partial charge in [-0.15, -0.1) is 0 Å². The molecule has 0 spiro atoms. The Kier molecular flexibility index (Phi) is 2.13. The van der Waals surface area contributed by atoms with E-state index in [-0.39, 0.29) is 11.7 Å². The molecule has 1 aliphatic rings. The summed E-state index contributed by atoms with van der Waals surface area (Å²) in [5, 5.41) is 0. The summed E-state index contributed by atoms with van der Waals surface area (Å²) < 4.78 is 0. The van der Waals surface area contributed by atoms with Crippen molar-refractivity contribution in [2.24, 2.45) is 5.92 Å². The van der Waals surface area contributed by atoms with Crippen LogP contribution in [-0.2, 0) is 4.79 Å². The topological polar surface area (TPSA) is 30.0 Å². The van der Waals surface area contributed by atoms with Gasteiger partial charge in [-0.25, -0.2) is 0 Å². The lowest BCUT2D eigenvalue weighted by atomic mass is 9.92. The molecule has 1 aliphatic carbocycles. The third-order valence-electron chi connectivity index (χ3n) is 2.57. The minimum Gasteiger partial charge on any atom is -0.299 e. The number of carbonyl (C=O) groups excluding carboxylic acids is 1. The van der Waals surface area contributed by atoms with E-state index in [1.165, 1.54) is 12.8 Å². The molecule has 2 heteroatoms. The molecule has 1 fully saturated rings. The number of pyridine rings is 1. The van der Waals surface area contributed by atoms with Crippen LogP contribution < -0.4 is 0 Å². The number of Topliss-reactive ketones (excluding diaryl/α,β-unsaturated/α-hetero) is 1. The maximum absolute atomic E-state index is 11.4. The first-order chi connectivity index (χ1) is 6.29. The summed E-state index contributed by atoms with van der Waals surface area (Å²) in [4.78, 5) is 15.4. The highest BCUT2D eigenvalue weighted by atomic mass is 16.1. The van der Waals surface area contributed by atoms with Gasteiger partial charge < -0.3 is 0 Å². The number of ketones is 1. The molecule has 0 aliphatic heterocycles. The van der Waals surface area contributed by atoms with Crippen LogP contribution in [0.2, 0.25) is 0 Å². The largest absolute Gasteiger partial charge is 0.299 e. The highest BCUT2D eigenvalue weighted by Gasteiger charge is 2.35. The Morgan fingerprint density at radius 1 is 1.62 bits per heavy atom. The summed E-state index contributed by atoms with van der Waals surface area (Å²) in [5.41, 5.74) is 1.08. The van der Waals surface area contributed by atoms with E-state index in [2.05, 4.69) is 4.98 Å². The van der Waals surface area contributed by atoms with Gasteiger partial charge in [0.25, 0.3) is 0 Å². The predicted octanol–water partition coefficient (Wildman–Crippen LogP) is 2.16. The number of nitrogens with zero attached hydrogens (tertiary/aromatic N) is 1. The Balaban J connectivity index is 2.25. The number of rotatable bonds is 3. The third kappa shape index (κ3) is 1.77. The summed E-state index contributed by atoms with van der Waals surface area (Å²) in [6.07, 6.45) is 5.94. The summed E-state index contributed by atoms with van der Waals surface area (Å²) in [6, 6.07) is 3.89. The summed E-state index contributed by atoms with van der Waals surface area (Å²) in [6.45, 7) is 1.68. The van der Waals surface area contributed by atoms with Gasteiger partial charge in [0.15, 0.2) is 0 Å². The van der Waals surface area contributed by atoms with E-state index in [9.17, 15) is 4.79 Å². The first kappa shape index (κ1) is 8.42. The van der Waals surface area contributed by atoms with Crippen molar-refractivity contribution in [3.63, 3.8) is 0 Å². The molecular weight excluding hydrogens is 162 g/mol. The summed E-state index contributed by atoms with van der Waals surface area (Å²) in [7, 11) is 0. The normalized spacial score (nSPS) is 18.2. The molecule has 0 aromatic carbocycles. The van der Waals surface area contributed by atoms with Crippen LogP contribution in [0.15, 0.2) is 24.5 Å². The SMILES string of the molecule is CC(=O)C(c1cccnc1)C1CC1. The summed E-state index contributed by atoms with van der Waals surface area (Å²) >= 11 is 0. The van der Waals surface area contributed by atoms with Crippen molar-refractivity contribution in [3.05, 3.63) is 30.1 Å². The van der Waals surface area contributed by atoms with Crippen LogP contribution in [0.25, 0.3) is 0 Å². The van der Waals surface area contributed by atoms with Gasteiger partial charge in [-0.1, -0.05) is 6.07 Å². The van der Waals surface area contributed by atoms with Gasteiger partial charge in [-0.2, -0.15) is 0 Å². The molecule has 0 bridgehead atoms. The van der Waals surface area contributed by atoms with Crippen molar-refractivity contribution >= 4 is 5.78 Å². The van der Waals surface area contributed by atoms with Gasteiger partial charge in [0.2, 0.25) is 0 Å². The van der Waals surface area contributed by atoms with E-state index in [4.69, 9.17) is 0 Å². The van der Waals surface area contributed by atoms with Crippen molar-refractivity contribution < 1.29 is 4.79 Å². The monoisotopic (exact) mass is 175 g/mol. The molecule has 2 rings (SSSR count). The lowest BCUT2D eigenvalue weighted by Gasteiger charge is -2.11. The molecule has 1 atom stereocenters. The second-order valence-corrected chi connectivity index (χ2v) is 3.71. The Hall–Kier alpha value is -1.18. The zero-order chi connectivity index (χ0) is 9.26.